The highest BCUT2D eigenvalue weighted by Gasteiger charge is 2.10. The van der Waals surface area contributed by atoms with Crippen LogP contribution >= 0.6 is 0 Å². The summed E-state index contributed by atoms with van der Waals surface area (Å²) in [6, 6.07) is -0.103. The molecule has 0 spiro atoms. The number of nitrogens with two attached hydrogens (primary N) is 1. The average Bonchev–Trinajstić information content (AvgIpc) is 1.81. The zero-order valence-electron chi connectivity index (χ0n) is 6.92. The third-order valence-electron chi connectivity index (χ3n) is 1.37. The lowest BCUT2D eigenvalue weighted by atomic mass is 10.3. The molecule has 2 N–H and O–H groups in total. The lowest BCUT2D eigenvalue weighted by Crippen LogP contribution is -2.41. The topological polar surface area (TPSA) is 46.3 Å². The number of carbonyl (C=O) groups excluding carboxylic acids is 1. The van der Waals surface area contributed by atoms with E-state index in [1.54, 1.807) is 4.90 Å². The molecule has 0 rings (SSSR count). The van der Waals surface area contributed by atoms with E-state index in [0.29, 0.717) is 0 Å². The SMILES string of the molecule is CCCN(C(N)=O)C(C)C. The summed E-state index contributed by atoms with van der Waals surface area (Å²) in [5.74, 6) is 0. The summed E-state index contributed by atoms with van der Waals surface area (Å²) in [7, 11) is 0. The van der Waals surface area contributed by atoms with Gasteiger partial charge < -0.3 is 10.6 Å². The van der Waals surface area contributed by atoms with Crippen molar-refractivity contribution in [2.45, 2.75) is 33.2 Å². The van der Waals surface area contributed by atoms with Crippen LogP contribution in [0.15, 0.2) is 0 Å². The lowest BCUT2D eigenvalue weighted by molar-refractivity contribution is 0.193. The summed E-state index contributed by atoms with van der Waals surface area (Å²) < 4.78 is 0. The normalized spacial score (nSPS) is 10.0. The Bertz CT molecular complexity index is 112. The molecule has 2 amide bonds. The third kappa shape index (κ3) is 2.71. The molecule has 0 unspecified atom stereocenters. The summed E-state index contributed by atoms with van der Waals surface area (Å²) in [4.78, 5) is 12.3. The van der Waals surface area contributed by atoms with Crippen molar-refractivity contribution in [1.82, 2.24) is 4.90 Å². The first-order valence-electron chi connectivity index (χ1n) is 3.65. The van der Waals surface area contributed by atoms with Crippen LogP contribution in [-0.2, 0) is 0 Å². The minimum atomic E-state index is -0.322. The second-order valence-corrected chi connectivity index (χ2v) is 2.63. The largest absolute Gasteiger partial charge is 0.351 e. The van der Waals surface area contributed by atoms with Crippen LogP contribution in [-0.4, -0.2) is 23.5 Å². The van der Waals surface area contributed by atoms with Gasteiger partial charge >= 0.3 is 6.03 Å². The number of hydrogen-bond acceptors (Lipinski definition) is 1. The van der Waals surface area contributed by atoms with Crippen molar-refractivity contribution < 1.29 is 4.79 Å². The first-order chi connectivity index (χ1) is 4.59. The van der Waals surface area contributed by atoms with Gasteiger partial charge in [-0.05, 0) is 20.3 Å². The van der Waals surface area contributed by atoms with Gasteiger partial charge in [0.25, 0.3) is 0 Å². The molecule has 0 bridgehead atoms. The van der Waals surface area contributed by atoms with Crippen LogP contribution in [0.2, 0.25) is 0 Å². The molecule has 10 heavy (non-hydrogen) atoms. The number of urea groups is 1. The molecule has 0 fully saturated rings. The molecule has 0 saturated carbocycles. The van der Waals surface area contributed by atoms with Gasteiger partial charge in [0.1, 0.15) is 0 Å². The van der Waals surface area contributed by atoms with Crippen molar-refractivity contribution in [3.8, 4) is 0 Å². The summed E-state index contributed by atoms with van der Waals surface area (Å²) in [5, 5.41) is 0. The number of hydrogen-bond donors (Lipinski definition) is 1. The first kappa shape index (κ1) is 9.27. The maximum atomic E-state index is 10.7. The fourth-order valence-corrected chi connectivity index (χ4v) is 0.864. The Morgan fingerprint density at radius 2 is 2.10 bits per heavy atom. The van der Waals surface area contributed by atoms with E-state index in [2.05, 4.69) is 0 Å². The minimum absolute atomic E-state index is 0.220. The molecule has 0 aromatic carbocycles. The van der Waals surface area contributed by atoms with Gasteiger partial charge in [0.15, 0.2) is 0 Å². The van der Waals surface area contributed by atoms with Crippen LogP contribution in [0.1, 0.15) is 27.2 Å². The van der Waals surface area contributed by atoms with Crippen LogP contribution in [0.5, 0.6) is 0 Å². The van der Waals surface area contributed by atoms with Gasteiger partial charge in [0.2, 0.25) is 0 Å². The molecule has 0 atom stereocenters. The minimum Gasteiger partial charge on any atom is -0.351 e. The zero-order valence-corrected chi connectivity index (χ0v) is 6.92. The Morgan fingerprint density at radius 1 is 1.60 bits per heavy atom. The molecule has 0 heterocycles. The number of amides is 2. The maximum Gasteiger partial charge on any atom is 0.315 e. The highest BCUT2D eigenvalue weighted by molar-refractivity contribution is 5.72. The Hall–Kier alpha value is -0.730. The van der Waals surface area contributed by atoms with Crippen LogP contribution < -0.4 is 5.73 Å². The molecule has 0 aromatic heterocycles. The molecule has 60 valence electrons. The van der Waals surface area contributed by atoms with Crippen molar-refractivity contribution in [2.24, 2.45) is 5.73 Å². The molecule has 0 saturated heterocycles. The Labute approximate surface area is 62.2 Å². The van der Waals surface area contributed by atoms with Crippen LogP contribution in [0.25, 0.3) is 0 Å². The highest BCUT2D eigenvalue weighted by Crippen LogP contribution is 1.97. The standard InChI is InChI=1S/C7H16N2O/c1-4-5-9(6(2)3)7(8)10/h6H,4-5H2,1-3H3,(H2,8,10). The second kappa shape index (κ2) is 4.14. The summed E-state index contributed by atoms with van der Waals surface area (Å²) >= 11 is 0. The zero-order chi connectivity index (χ0) is 8.15. The van der Waals surface area contributed by atoms with E-state index >= 15 is 0 Å². The number of carbonyl (C=O) groups is 1. The van der Waals surface area contributed by atoms with Crippen molar-refractivity contribution >= 4 is 6.03 Å². The van der Waals surface area contributed by atoms with E-state index in [4.69, 9.17) is 5.73 Å². The number of nitrogens with zero attached hydrogens (tertiary/aromatic N) is 1. The molecule has 0 aliphatic rings. The van der Waals surface area contributed by atoms with Gasteiger partial charge in [0.05, 0.1) is 0 Å². The second-order valence-electron chi connectivity index (χ2n) is 2.63. The van der Waals surface area contributed by atoms with Gasteiger partial charge in [-0.1, -0.05) is 6.92 Å². The summed E-state index contributed by atoms with van der Waals surface area (Å²) in [5.41, 5.74) is 5.11. The van der Waals surface area contributed by atoms with Crippen molar-refractivity contribution in [2.75, 3.05) is 6.54 Å². The summed E-state index contributed by atoms with van der Waals surface area (Å²) in [6.45, 7) is 6.70. The van der Waals surface area contributed by atoms with Gasteiger partial charge in [-0.2, -0.15) is 0 Å². The highest BCUT2D eigenvalue weighted by atomic mass is 16.2. The molecule has 0 radical (unpaired) electrons. The number of rotatable bonds is 3. The predicted molar refractivity (Wildman–Crippen MR) is 41.7 cm³/mol. The Kier molecular flexibility index (Phi) is 3.84. The quantitative estimate of drug-likeness (QED) is 0.635. The van der Waals surface area contributed by atoms with E-state index < -0.39 is 0 Å². The fraction of sp³-hybridized carbons (Fsp3) is 0.857. The van der Waals surface area contributed by atoms with Gasteiger partial charge in [-0.25, -0.2) is 4.79 Å². The predicted octanol–water partition coefficient (Wildman–Crippen LogP) is 1.19. The first-order valence-corrected chi connectivity index (χ1v) is 3.65. The van der Waals surface area contributed by atoms with Crippen LogP contribution in [0.4, 0.5) is 4.79 Å². The molecule has 3 heteroatoms. The molecule has 0 aliphatic carbocycles. The van der Waals surface area contributed by atoms with E-state index in [0.717, 1.165) is 13.0 Å². The smallest absolute Gasteiger partial charge is 0.315 e. The monoisotopic (exact) mass is 144 g/mol. The van der Waals surface area contributed by atoms with Crippen molar-refractivity contribution in [3.05, 3.63) is 0 Å². The average molecular weight is 144 g/mol. The van der Waals surface area contributed by atoms with Crippen molar-refractivity contribution in [3.63, 3.8) is 0 Å². The Balaban J connectivity index is 3.85. The molecule has 3 nitrogen and oxygen atoms in total. The fourth-order valence-electron chi connectivity index (χ4n) is 0.864. The third-order valence-corrected chi connectivity index (χ3v) is 1.37. The lowest BCUT2D eigenvalue weighted by Gasteiger charge is -2.23. The van der Waals surface area contributed by atoms with Crippen LogP contribution in [0, 0.1) is 0 Å². The van der Waals surface area contributed by atoms with E-state index in [1.807, 2.05) is 20.8 Å². The molecule has 0 aliphatic heterocycles. The van der Waals surface area contributed by atoms with Gasteiger partial charge in [0, 0.05) is 12.6 Å². The van der Waals surface area contributed by atoms with E-state index in [-0.39, 0.29) is 12.1 Å². The number of primary amides is 1. The molecule has 0 aromatic rings. The maximum absolute atomic E-state index is 10.7. The van der Waals surface area contributed by atoms with E-state index in [9.17, 15) is 4.79 Å². The van der Waals surface area contributed by atoms with Gasteiger partial charge in [-0.15, -0.1) is 0 Å². The van der Waals surface area contributed by atoms with Crippen LogP contribution in [0.3, 0.4) is 0 Å². The molecular weight excluding hydrogens is 128 g/mol. The summed E-state index contributed by atoms with van der Waals surface area (Å²) in [6.07, 6.45) is 0.959. The molecular formula is C7H16N2O. The van der Waals surface area contributed by atoms with Gasteiger partial charge in [-0.3, -0.25) is 0 Å². The van der Waals surface area contributed by atoms with Crippen molar-refractivity contribution in [1.29, 1.82) is 0 Å². The Morgan fingerprint density at radius 3 is 2.20 bits per heavy atom. The van der Waals surface area contributed by atoms with E-state index in [1.165, 1.54) is 0 Å².